The molecule has 6 heteroatoms. The van der Waals surface area contributed by atoms with Crippen LogP contribution in [0.5, 0.6) is 0 Å². The van der Waals surface area contributed by atoms with Gasteiger partial charge in [0.25, 0.3) is 0 Å². The molecule has 2 rings (SSSR count). The Labute approximate surface area is 124 Å². The summed E-state index contributed by atoms with van der Waals surface area (Å²) in [5.74, 6) is 0. The van der Waals surface area contributed by atoms with Crippen molar-refractivity contribution in [3.63, 3.8) is 0 Å². The summed E-state index contributed by atoms with van der Waals surface area (Å²) in [5, 5.41) is 6.14. The molecule has 1 atom stereocenters. The molecule has 1 aliphatic rings. The molecule has 1 aliphatic heterocycles. The van der Waals surface area contributed by atoms with Crippen molar-refractivity contribution in [1.82, 2.24) is 9.88 Å². The first-order chi connectivity index (χ1) is 9.46. The summed E-state index contributed by atoms with van der Waals surface area (Å²) in [6.07, 6.45) is 4.79. The van der Waals surface area contributed by atoms with E-state index in [0.717, 1.165) is 37.5 Å². The van der Waals surface area contributed by atoms with Crippen molar-refractivity contribution in [1.29, 1.82) is 0 Å². The van der Waals surface area contributed by atoms with Crippen LogP contribution in [0.25, 0.3) is 0 Å². The number of nitrogens with zero attached hydrogens (tertiary/aromatic N) is 2. The van der Waals surface area contributed by atoms with Crippen LogP contribution in [0.4, 0.5) is 9.93 Å². The van der Waals surface area contributed by atoms with Crippen LogP contribution in [-0.4, -0.2) is 40.7 Å². The standard InChI is InChI=1S/C14H23N3O2S/c1-14(2,3)19-13(18)17-8-5-4-6-11(17)10-16-12-15-7-9-20-12/h7,9,11H,4-6,8,10H2,1-3H3,(H,15,16). The van der Waals surface area contributed by atoms with Crippen molar-refractivity contribution >= 4 is 22.6 Å². The molecule has 1 unspecified atom stereocenters. The number of hydrogen-bond donors (Lipinski definition) is 1. The van der Waals surface area contributed by atoms with Crippen molar-refractivity contribution in [2.45, 2.75) is 51.7 Å². The second kappa shape index (κ2) is 6.43. The molecular weight excluding hydrogens is 274 g/mol. The zero-order valence-corrected chi connectivity index (χ0v) is 13.2. The van der Waals surface area contributed by atoms with Gasteiger partial charge >= 0.3 is 6.09 Å². The molecule has 1 aromatic rings. The van der Waals surface area contributed by atoms with Crippen molar-refractivity contribution in [2.75, 3.05) is 18.4 Å². The van der Waals surface area contributed by atoms with Gasteiger partial charge < -0.3 is 15.0 Å². The minimum atomic E-state index is -0.443. The second-order valence-electron chi connectivity index (χ2n) is 6.04. The fourth-order valence-electron chi connectivity index (χ4n) is 2.29. The van der Waals surface area contributed by atoms with Gasteiger partial charge in [-0.2, -0.15) is 0 Å². The molecule has 1 amide bonds. The van der Waals surface area contributed by atoms with Gasteiger partial charge in [0.05, 0.1) is 6.04 Å². The van der Waals surface area contributed by atoms with Crippen molar-refractivity contribution < 1.29 is 9.53 Å². The number of likely N-dealkylation sites (tertiary alicyclic amines) is 1. The van der Waals surface area contributed by atoms with Crippen molar-refractivity contribution in [3.05, 3.63) is 11.6 Å². The molecule has 0 radical (unpaired) electrons. The first-order valence-electron chi connectivity index (χ1n) is 7.09. The van der Waals surface area contributed by atoms with E-state index in [1.165, 1.54) is 0 Å². The highest BCUT2D eigenvalue weighted by Crippen LogP contribution is 2.21. The number of carbonyl (C=O) groups excluding carboxylic acids is 1. The van der Waals surface area contributed by atoms with Gasteiger partial charge in [-0.25, -0.2) is 9.78 Å². The summed E-state index contributed by atoms with van der Waals surface area (Å²) in [4.78, 5) is 18.3. The van der Waals surface area contributed by atoms with E-state index >= 15 is 0 Å². The number of rotatable bonds is 3. The maximum atomic E-state index is 12.2. The Morgan fingerprint density at radius 2 is 2.35 bits per heavy atom. The largest absolute Gasteiger partial charge is 0.444 e. The van der Waals surface area contributed by atoms with Crippen LogP contribution in [0.15, 0.2) is 11.6 Å². The van der Waals surface area contributed by atoms with E-state index in [0.29, 0.717) is 0 Å². The Morgan fingerprint density at radius 3 is 3.00 bits per heavy atom. The number of carbonyl (C=O) groups is 1. The van der Waals surface area contributed by atoms with Gasteiger partial charge in [0, 0.05) is 24.7 Å². The fraction of sp³-hybridized carbons (Fsp3) is 0.714. The van der Waals surface area contributed by atoms with Gasteiger partial charge in [0.15, 0.2) is 5.13 Å². The van der Waals surface area contributed by atoms with Crippen LogP contribution < -0.4 is 5.32 Å². The Bertz CT molecular complexity index is 428. The van der Waals surface area contributed by atoms with Crippen LogP contribution in [0.2, 0.25) is 0 Å². The lowest BCUT2D eigenvalue weighted by molar-refractivity contribution is 0.0114. The highest BCUT2D eigenvalue weighted by atomic mass is 32.1. The third kappa shape index (κ3) is 4.37. The highest BCUT2D eigenvalue weighted by Gasteiger charge is 2.30. The first kappa shape index (κ1) is 15.1. The first-order valence-corrected chi connectivity index (χ1v) is 7.97. The maximum Gasteiger partial charge on any atom is 0.410 e. The molecule has 0 aromatic carbocycles. The Balaban J connectivity index is 1.92. The minimum Gasteiger partial charge on any atom is -0.444 e. The number of piperidine rings is 1. The molecule has 20 heavy (non-hydrogen) atoms. The van der Waals surface area contributed by atoms with Crippen LogP contribution in [0.1, 0.15) is 40.0 Å². The number of ether oxygens (including phenoxy) is 1. The Morgan fingerprint density at radius 1 is 1.55 bits per heavy atom. The van der Waals surface area contributed by atoms with Gasteiger partial charge in [0.1, 0.15) is 5.60 Å². The van der Waals surface area contributed by atoms with E-state index in [9.17, 15) is 4.79 Å². The normalized spacial score (nSPS) is 19.8. The van der Waals surface area contributed by atoms with E-state index in [-0.39, 0.29) is 12.1 Å². The topological polar surface area (TPSA) is 54.5 Å². The van der Waals surface area contributed by atoms with Crippen molar-refractivity contribution in [3.8, 4) is 0 Å². The van der Waals surface area contributed by atoms with E-state index in [4.69, 9.17) is 4.74 Å². The van der Waals surface area contributed by atoms with Crippen LogP contribution in [0.3, 0.4) is 0 Å². The van der Waals surface area contributed by atoms with Crippen LogP contribution in [0, 0.1) is 0 Å². The molecule has 0 spiro atoms. The zero-order chi connectivity index (χ0) is 14.6. The Kier molecular flexibility index (Phi) is 4.86. The lowest BCUT2D eigenvalue weighted by atomic mass is 10.0. The maximum absolute atomic E-state index is 12.2. The molecule has 2 heterocycles. The summed E-state index contributed by atoms with van der Waals surface area (Å²) >= 11 is 1.57. The van der Waals surface area contributed by atoms with Gasteiger partial charge in [0.2, 0.25) is 0 Å². The summed E-state index contributed by atoms with van der Waals surface area (Å²) in [6, 6.07) is 0.183. The number of aromatic nitrogens is 1. The van der Waals surface area contributed by atoms with Gasteiger partial charge in [-0.15, -0.1) is 11.3 Å². The third-order valence-corrected chi connectivity index (χ3v) is 3.91. The molecule has 0 aliphatic carbocycles. The second-order valence-corrected chi connectivity index (χ2v) is 6.94. The van der Waals surface area contributed by atoms with E-state index < -0.39 is 5.60 Å². The van der Waals surface area contributed by atoms with Gasteiger partial charge in [-0.1, -0.05) is 0 Å². The summed E-state index contributed by atoms with van der Waals surface area (Å²) in [6.45, 7) is 7.21. The molecule has 5 nitrogen and oxygen atoms in total. The average molecular weight is 297 g/mol. The number of thiazole rings is 1. The summed E-state index contributed by atoms with van der Waals surface area (Å²) < 4.78 is 5.49. The van der Waals surface area contributed by atoms with E-state index in [1.807, 2.05) is 31.1 Å². The molecule has 1 saturated heterocycles. The quantitative estimate of drug-likeness (QED) is 0.929. The lowest BCUT2D eigenvalue weighted by Crippen LogP contribution is -2.48. The van der Waals surface area contributed by atoms with Crippen LogP contribution >= 0.6 is 11.3 Å². The average Bonchev–Trinajstić information content (AvgIpc) is 2.87. The monoisotopic (exact) mass is 297 g/mol. The summed E-state index contributed by atoms with van der Waals surface area (Å²) in [7, 11) is 0. The number of amides is 1. The summed E-state index contributed by atoms with van der Waals surface area (Å²) in [5.41, 5.74) is -0.443. The van der Waals surface area contributed by atoms with Gasteiger partial charge in [-0.3, -0.25) is 0 Å². The molecular formula is C14H23N3O2S. The molecule has 0 saturated carbocycles. The predicted octanol–water partition coefficient (Wildman–Crippen LogP) is 3.34. The lowest BCUT2D eigenvalue weighted by Gasteiger charge is -2.36. The predicted molar refractivity (Wildman–Crippen MR) is 81.2 cm³/mol. The van der Waals surface area contributed by atoms with E-state index in [2.05, 4.69) is 10.3 Å². The third-order valence-electron chi connectivity index (χ3n) is 3.18. The molecule has 1 aromatic heterocycles. The van der Waals surface area contributed by atoms with Crippen molar-refractivity contribution in [2.24, 2.45) is 0 Å². The zero-order valence-electron chi connectivity index (χ0n) is 12.4. The fourth-order valence-corrected chi connectivity index (χ4v) is 2.83. The molecule has 1 N–H and O–H groups in total. The van der Waals surface area contributed by atoms with Crippen LogP contribution in [-0.2, 0) is 4.74 Å². The minimum absolute atomic E-state index is 0.183. The number of anilines is 1. The van der Waals surface area contributed by atoms with E-state index in [1.54, 1.807) is 17.5 Å². The molecule has 0 bridgehead atoms. The SMILES string of the molecule is CC(C)(C)OC(=O)N1CCCCC1CNc1nccs1. The number of hydrogen-bond acceptors (Lipinski definition) is 5. The highest BCUT2D eigenvalue weighted by molar-refractivity contribution is 7.13. The molecule has 1 fully saturated rings. The molecule has 112 valence electrons. The smallest absolute Gasteiger partial charge is 0.410 e. The van der Waals surface area contributed by atoms with Gasteiger partial charge in [-0.05, 0) is 40.0 Å². The Hall–Kier alpha value is -1.30. The number of nitrogens with one attached hydrogen (secondary N) is 1.